The molecule has 0 saturated heterocycles. The van der Waals surface area contributed by atoms with Crippen molar-refractivity contribution < 1.29 is 23.8 Å². The molecule has 126 valence electrons. The van der Waals surface area contributed by atoms with Gasteiger partial charge in [0.25, 0.3) is 0 Å². The monoisotopic (exact) mass is 414 g/mol. The number of phenols is 1. The molecule has 2 aromatic rings. The van der Waals surface area contributed by atoms with Crippen LogP contribution in [0.3, 0.4) is 0 Å². The maximum atomic E-state index is 14.0. The summed E-state index contributed by atoms with van der Waals surface area (Å²) in [5.41, 5.74) is 0.186. The summed E-state index contributed by atoms with van der Waals surface area (Å²) < 4.78 is 24.5. The Morgan fingerprint density at radius 3 is 2.88 bits per heavy atom. The summed E-state index contributed by atoms with van der Waals surface area (Å²) in [6, 6.07) is 7.09. The molecule has 7 heteroatoms. The Kier molecular flexibility index (Phi) is 6.36. The highest BCUT2D eigenvalue weighted by Crippen LogP contribution is 2.30. The van der Waals surface area contributed by atoms with Gasteiger partial charge in [-0.1, -0.05) is 17.7 Å². The molecule has 0 radical (unpaired) electrons. The van der Waals surface area contributed by atoms with E-state index in [-0.39, 0.29) is 28.7 Å². The van der Waals surface area contributed by atoms with Crippen LogP contribution in [0.2, 0.25) is 5.02 Å². The fourth-order valence-corrected chi connectivity index (χ4v) is 2.48. The second-order valence-electron chi connectivity index (χ2n) is 4.69. The van der Waals surface area contributed by atoms with Crippen molar-refractivity contribution >= 4 is 39.4 Å². The van der Waals surface area contributed by atoms with Gasteiger partial charge in [0, 0.05) is 12.7 Å². The van der Waals surface area contributed by atoms with Crippen LogP contribution in [0, 0.1) is 5.82 Å². The third-order valence-corrected chi connectivity index (χ3v) is 3.97. The molecule has 0 heterocycles. The predicted molar refractivity (Wildman–Crippen MR) is 93.1 cm³/mol. The lowest BCUT2D eigenvalue weighted by Gasteiger charge is -2.08. The van der Waals surface area contributed by atoms with Gasteiger partial charge in [-0.15, -0.1) is 0 Å². The maximum absolute atomic E-state index is 14.0. The SMILES string of the molecule is COCOc1cc(/C=C/C(=O)c2cccc(Cl)c2O)c(F)cc1Br. The number of hydrogen-bond acceptors (Lipinski definition) is 4. The van der Waals surface area contributed by atoms with Crippen molar-refractivity contribution in [2.75, 3.05) is 13.9 Å². The zero-order valence-corrected chi connectivity index (χ0v) is 14.9. The lowest BCUT2D eigenvalue weighted by Crippen LogP contribution is -2.00. The average molecular weight is 416 g/mol. The quantitative estimate of drug-likeness (QED) is 0.417. The Labute approximate surface area is 151 Å². The van der Waals surface area contributed by atoms with E-state index in [0.717, 1.165) is 6.08 Å². The highest BCUT2D eigenvalue weighted by molar-refractivity contribution is 9.10. The summed E-state index contributed by atoms with van der Waals surface area (Å²) in [6.45, 7) is 0.00268. The van der Waals surface area contributed by atoms with Crippen molar-refractivity contribution in [2.24, 2.45) is 0 Å². The molecular weight excluding hydrogens is 403 g/mol. The molecule has 24 heavy (non-hydrogen) atoms. The van der Waals surface area contributed by atoms with Gasteiger partial charge in [-0.05, 0) is 52.3 Å². The van der Waals surface area contributed by atoms with E-state index in [0.29, 0.717) is 10.2 Å². The van der Waals surface area contributed by atoms with Crippen LogP contribution >= 0.6 is 27.5 Å². The van der Waals surface area contributed by atoms with Crippen LogP contribution in [0.4, 0.5) is 4.39 Å². The average Bonchev–Trinajstić information content (AvgIpc) is 2.55. The van der Waals surface area contributed by atoms with Crippen molar-refractivity contribution in [3.63, 3.8) is 0 Å². The Morgan fingerprint density at radius 2 is 2.17 bits per heavy atom. The molecule has 0 spiro atoms. The first-order chi connectivity index (χ1) is 11.4. The van der Waals surface area contributed by atoms with Gasteiger partial charge < -0.3 is 14.6 Å². The molecule has 0 atom stereocenters. The largest absolute Gasteiger partial charge is 0.506 e. The van der Waals surface area contributed by atoms with Gasteiger partial charge >= 0.3 is 0 Å². The first kappa shape index (κ1) is 18.4. The van der Waals surface area contributed by atoms with E-state index in [4.69, 9.17) is 21.1 Å². The molecule has 0 aromatic heterocycles. The summed E-state index contributed by atoms with van der Waals surface area (Å²) in [6.07, 6.45) is 2.45. The van der Waals surface area contributed by atoms with Crippen LogP contribution in [0.25, 0.3) is 6.08 Å². The number of para-hydroxylation sites is 1. The molecule has 2 rings (SSSR count). The minimum absolute atomic E-state index is 0.00268. The number of carbonyl (C=O) groups is 1. The molecule has 0 aliphatic rings. The van der Waals surface area contributed by atoms with Crippen molar-refractivity contribution in [1.82, 2.24) is 0 Å². The third-order valence-electron chi connectivity index (χ3n) is 3.05. The molecule has 1 N–H and O–H groups in total. The number of rotatable bonds is 6. The Balaban J connectivity index is 2.28. The van der Waals surface area contributed by atoms with Crippen molar-refractivity contribution in [3.8, 4) is 11.5 Å². The first-order valence-corrected chi connectivity index (χ1v) is 7.91. The molecule has 0 aliphatic heterocycles. The molecule has 0 bridgehead atoms. The van der Waals surface area contributed by atoms with E-state index < -0.39 is 11.6 Å². The van der Waals surface area contributed by atoms with Gasteiger partial charge in [0.05, 0.1) is 15.1 Å². The van der Waals surface area contributed by atoms with E-state index >= 15 is 0 Å². The Hall–Kier alpha value is -1.89. The van der Waals surface area contributed by atoms with Gasteiger partial charge in [0.2, 0.25) is 0 Å². The number of aromatic hydroxyl groups is 1. The number of benzene rings is 2. The number of carbonyl (C=O) groups excluding carboxylic acids is 1. The molecule has 0 aliphatic carbocycles. The number of hydrogen-bond donors (Lipinski definition) is 1. The van der Waals surface area contributed by atoms with Gasteiger partial charge in [-0.25, -0.2) is 4.39 Å². The number of allylic oxidation sites excluding steroid dienone is 1. The zero-order valence-electron chi connectivity index (χ0n) is 12.6. The van der Waals surface area contributed by atoms with Gasteiger partial charge in [0.1, 0.15) is 17.3 Å². The minimum atomic E-state index is -0.536. The molecule has 4 nitrogen and oxygen atoms in total. The third kappa shape index (κ3) is 4.35. The van der Waals surface area contributed by atoms with Crippen LogP contribution < -0.4 is 4.74 Å². The second-order valence-corrected chi connectivity index (χ2v) is 5.95. The fourth-order valence-electron chi connectivity index (χ4n) is 1.88. The number of methoxy groups -OCH3 is 1. The fraction of sp³-hybridized carbons (Fsp3) is 0.118. The minimum Gasteiger partial charge on any atom is -0.506 e. The Morgan fingerprint density at radius 1 is 1.42 bits per heavy atom. The highest BCUT2D eigenvalue weighted by Gasteiger charge is 2.12. The number of halogens is 3. The molecule has 0 amide bonds. The summed E-state index contributed by atoms with van der Waals surface area (Å²) in [7, 11) is 1.47. The normalized spacial score (nSPS) is 11.0. The van der Waals surface area contributed by atoms with Gasteiger partial charge in [-0.2, -0.15) is 0 Å². The van der Waals surface area contributed by atoms with E-state index in [1.165, 1.54) is 37.5 Å². The highest BCUT2D eigenvalue weighted by atomic mass is 79.9. The molecular formula is C17H13BrClFO4. The molecule has 2 aromatic carbocycles. The first-order valence-electron chi connectivity index (χ1n) is 6.74. The van der Waals surface area contributed by atoms with Crippen molar-refractivity contribution in [1.29, 1.82) is 0 Å². The smallest absolute Gasteiger partial charge is 0.189 e. The zero-order chi connectivity index (χ0) is 17.7. The summed E-state index contributed by atoms with van der Waals surface area (Å²) in [5.74, 6) is -0.979. The van der Waals surface area contributed by atoms with Crippen LogP contribution in [0.5, 0.6) is 11.5 Å². The molecule has 0 fully saturated rings. The van der Waals surface area contributed by atoms with Gasteiger partial charge in [-0.3, -0.25) is 4.79 Å². The predicted octanol–water partition coefficient (Wildman–Crippen LogP) is 4.83. The van der Waals surface area contributed by atoms with E-state index in [1.807, 2.05) is 0 Å². The number of ether oxygens (including phenoxy) is 2. The summed E-state index contributed by atoms with van der Waals surface area (Å²) in [5, 5.41) is 9.87. The van der Waals surface area contributed by atoms with E-state index in [2.05, 4.69) is 15.9 Å². The maximum Gasteiger partial charge on any atom is 0.189 e. The standard InChI is InChI=1S/C17H13BrClFO4/c1-23-9-24-16-7-10(14(20)8-12(16)18)5-6-15(21)11-3-2-4-13(19)17(11)22/h2-8,22H,9H2,1H3/b6-5+. The van der Waals surface area contributed by atoms with Crippen molar-refractivity contribution in [2.45, 2.75) is 0 Å². The summed E-state index contributed by atoms with van der Waals surface area (Å²) in [4.78, 5) is 12.1. The Bertz CT molecular complexity index is 792. The lowest BCUT2D eigenvalue weighted by atomic mass is 10.1. The van der Waals surface area contributed by atoms with Crippen LogP contribution in [-0.4, -0.2) is 24.8 Å². The van der Waals surface area contributed by atoms with E-state index in [1.54, 1.807) is 6.07 Å². The molecule has 0 saturated carbocycles. The summed E-state index contributed by atoms with van der Waals surface area (Å²) >= 11 is 8.95. The van der Waals surface area contributed by atoms with Crippen LogP contribution in [-0.2, 0) is 4.74 Å². The van der Waals surface area contributed by atoms with E-state index in [9.17, 15) is 14.3 Å². The van der Waals surface area contributed by atoms with Gasteiger partial charge in [0.15, 0.2) is 12.6 Å². The second kappa shape index (κ2) is 8.28. The number of phenolic OH excluding ortho intramolecular Hbond substituents is 1. The van der Waals surface area contributed by atoms with Crippen molar-refractivity contribution in [3.05, 3.63) is 62.8 Å². The van der Waals surface area contributed by atoms with Crippen LogP contribution in [0.15, 0.2) is 40.9 Å². The molecule has 0 unspecified atom stereocenters. The van der Waals surface area contributed by atoms with Crippen LogP contribution in [0.1, 0.15) is 15.9 Å². The number of ketones is 1. The lowest BCUT2D eigenvalue weighted by molar-refractivity contribution is 0.0505. The topological polar surface area (TPSA) is 55.8 Å².